The summed E-state index contributed by atoms with van der Waals surface area (Å²) in [6.07, 6.45) is 1.08. The Labute approximate surface area is 138 Å². The van der Waals surface area contributed by atoms with Crippen molar-refractivity contribution in [1.29, 1.82) is 0 Å². The van der Waals surface area contributed by atoms with Crippen molar-refractivity contribution in [2.24, 2.45) is 0 Å². The van der Waals surface area contributed by atoms with Crippen LogP contribution < -0.4 is 10.6 Å². The summed E-state index contributed by atoms with van der Waals surface area (Å²) in [7, 11) is 1.86. The van der Waals surface area contributed by atoms with Gasteiger partial charge in [0.1, 0.15) is 0 Å². The molecule has 1 aromatic heterocycles. The van der Waals surface area contributed by atoms with Gasteiger partial charge in [0.05, 0.1) is 4.92 Å². The quantitative estimate of drug-likeness (QED) is 0.547. The molecule has 9 heteroatoms. The van der Waals surface area contributed by atoms with Crippen molar-refractivity contribution >= 4 is 11.6 Å². The van der Waals surface area contributed by atoms with Crippen molar-refractivity contribution in [1.82, 2.24) is 20.8 Å². The van der Waals surface area contributed by atoms with Crippen LogP contribution in [0.25, 0.3) is 0 Å². The molecule has 2 aromatic rings. The van der Waals surface area contributed by atoms with E-state index in [1.165, 1.54) is 24.3 Å². The summed E-state index contributed by atoms with van der Waals surface area (Å²) < 4.78 is 5.12. The lowest BCUT2D eigenvalue weighted by Gasteiger charge is -2.04. The summed E-state index contributed by atoms with van der Waals surface area (Å²) in [6.45, 7) is 2.35. The number of carbonyl (C=O) groups excluding carboxylic acids is 1. The summed E-state index contributed by atoms with van der Waals surface area (Å²) in [4.78, 5) is 26.3. The molecular formula is C15H19N5O4. The van der Waals surface area contributed by atoms with E-state index in [9.17, 15) is 14.9 Å². The van der Waals surface area contributed by atoms with Crippen molar-refractivity contribution in [2.75, 3.05) is 13.6 Å². The van der Waals surface area contributed by atoms with Crippen molar-refractivity contribution in [3.05, 3.63) is 51.7 Å². The van der Waals surface area contributed by atoms with Crippen LogP contribution in [0.5, 0.6) is 0 Å². The van der Waals surface area contributed by atoms with Gasteiger partial charge in [0, 0.05) is 43.1 Å². The molecule has 128 valence electrons. The zero-order chi connectivity index (χ0) is 17.5. The molecule has 1 aromatic carbocycles. The van der Waals surface area contributed by atoms with Gasteiger partial charge in [0.25, 0.3) is 11.6 Å². The molecule has 0 aliphatic rings. The van der Waals surface area contributed by atoms with Gasteiger partial charge in [0.2, 0.25) is 5.89 Å². The van der Waals surface area contributed by atoms with Gasteiger partial charge in [-0.2, -0.15) is 4.98 Å². The van der Waals surface area contributed by atoms with E-state index in [1.54, 1.807) is 0 Å². The lowest BCUT2D eigenvalue weighted by Crippen LogP contribution is -2.25. The number of rotatable bonds is 8. The topological polar surface area (TPSA) is 123 Å². The number of amides is 1. The van der Waals surface area contributed by atoms with Crippen molar-refractivity contribution < 1.29 is 14.2 Å². The van der Waals surface area contributed by atoms with Crippen molar-refractivity contribution in [3.63, 3.8) is 0 Å². The Morgan fingerprint density at radius 3 is 2.71 bits per heavy atom. The number of benzene rings is 1. The van der Waals surface area contributed by atoms with E-state index < -0.39 is 4.92 Å². The molecule has 2 N–H and O–H groups in total. The van der Waals surface area contributed by atoms with Crippen LogP contribution in [0.4, 0.5) is 5.69 Å². The van der Waals surface area contributed by atoms with Gasteiger partial charge < -0.3 is 15.2 Å². The van der Waals surface area contributed by atoms with E-state index in [0.717, 1.165) is 0 Å². The molecule has 0 saturated carbocycles. The molecule has 1 unspecified atom stereocenters. The van der Waals surface area contributed by atoms with Gasteiger partial charge in [-0.05, 0) is 26.1 Å². The second-order valence-electron chi connectivity index (χ2n) is 5.31. The van der Waals surface area contributed by atoms with E-state index in [1.807, 2.05) is 14.0 Å². The second kappa shape index (κ2) is 8.16. The third-order valence-corrected chi connectivity index (χ3v) is 3.46. The molecule has 1 amide bonds. The van der Waals surface area contributed by atoms with Gasteiger partial charge in [-0.1, -0.05) is 5.16 Å². The maximum Gasteiger partial charge on any atom is 0.269 e. The molecule has 0 aliphatic carbocycles. The van der Waals surface area contributed by atoms with E-state index in [2.05, 4.69) is 20.8 Å². The fourth-order valence-electron chi connectivity index (χ4n) is 1.97. The number of aromatic nitrogens is 2. The number of nitrogens with zero attached hydrogens (tertiary/aromatic N) is 3. The molecule has 24 heavy (non-hydrogen) atoms. The molecule has 2 rings (SSSR count). The summed E-state index contributed by atoms with van der Waals surface area (Å²) in [6, 6.07) is 5.66. The summed E-state index contributed by atoms with van der Waals surface area (Å²) in [5.74, 6) is 0.763. The normalized spacial score (nSPS) is 11.9. The molecule has 0 aliphatic heterocycles. The van der Waals surface area contributed by atoms with E-state index >= 15 is 0 Å². The van der Waals surface area contributed by atoms with E-state index in [-0.39, 0.29) is 17.6 Å². The van der Waals surface area contributed by atoms with Crippen molar-refractivity contribution in [2.45, 2.75) is 25.8 Å². The molecule has 0 fully saturated rings. The third-order valence-electron chi connectivity index (χ3n) is 3.46. The van der Waals surface area contributed by atoms with Crippen LogP contribution in [0.1, 0.15) is 29.0 Å². The number of hydrogen-bond donors (Lipinski definition) is 2. The zero-order valence-corrected chi connectivity index (χ0v) is 13.5. The molecule has 0 saturated heterocycles. The highest BCUT2D eigenvalue weighted by atomic mass is 16.6. The Kier molecular flexibility index (Phi) is 5.96. The van der Waals surface area contributed by atoms with Crippen LogP contribution in [0.3, 0.4) is 0 Å². The Balaban J connectivity index is 1.81. The largest absolute Gasteiger partial charge is 0.352 e. The lowest BCUT2D eigenvalue weighted by atomic mass is 10.2. The van der Waals surface area contributed by atoms with Gasteiger partial charge >= 0.3 is 0 Å². The second-order valence-corrected chi connectivity index (χ2v) is 5.31. The van der Waals surface area contributed by atoms with Gasteiger partial charge in [0.15, 0.2) is 5.82 Å². The average Bonchev–Trinajstić information content (AvgIpc) is 3.02. The molecule has 0 bridgehead atoms. The van der Waals surface area contributed by atoms with Gasteiger partial charge in [-0.25, -0.2) is 0 Å². The SMILES string of the molecule is CNC(C)Cc1noc(CCNC(=O)c2ccc([N+](=O)[O-])cc2)n1. The first kappa shape index (κ1) is 17.5. The molecule has 1 atom stereocenters. The Bertz CT molecular complexity index is 698. The molecule has 0 radical (unpaired) electrons. The predicted octanol–water partition coefficient (Wildman–Crippen LogP) is 1.10. The standard InChI is InChI=1S/C15H19N5O4/c1-10(16-2)9-13-18-14(24-19-13)7-8-17-15(21)11-3-5-12(6-4-11)20(22)23/h3-6,10,16H,7-9H2,1-2H3,(H,17,21). The Morgan fingerprint density at radius 1 is 1.38 bits per heavy atom. The maximum absolute atomic E-state index is 11.9. The number of hydrogen-bond acceptors (Lipinski definition) is 7. The molecule has 0 spiro atoms. The molecular weight excluding hydrogens is 314 g/mol. The molecule has 1 heterocycles. The summed E-state index contributed by atoms with van der Waals surface area (Å²) in [5.41, 5.74) is 0.301. The van der Waals surface area contributed by atoms with Crippen LogP contribution in [0, 0.1) is 10.1 Å². The minimum absolute atomic E-state index is 0.0549. The summed E-state index contributed by atoms with van der Waals surface area (Å²) in [5, 5.41) is 20.3. The fraction of sp³-hybridized carbons (Fsp3) is 0.400. The van der Waals surface area contributed by atoms with Crippen LogP contribution >= 0.6 is 0 Å². The van der Waals surface area contributed by atoms with Gasteiger partial charge in [-0.3, -0.25) is 14.9 Å². The molecule has 9 nitrogen and oxygen atoms in total. The first-order valence-electron chi connectivity index (χ1n) is 7.51. The van der Waals surface area contributed by atoms with E-state index in [4.69, 9.17) is 4.52 Å². The average molecular weight is 333 g/mol. The number of carbonyl (C=O) groups is 1. The first-order chi connectivity index (χ1) is 11.5. The zero-order valence-electron chi connectivity index (χ0n) is 13.5. The van der Waals surface area contributed by atoms with Crippen LogP contribution in [-0.2, 0) is 12.8 Å². The highest BCUT2D eigenvalue weighted by Gasteiger charge is 2.11. The monoisotopic (exact) mass is 333 g/mol. The van der Waals surface area contributed by atoms with Crippen LogP contribution in [0.15, 0.2) is 28.8 Å². The number of non-ortho nitro benzene ring substituents is 1. The highest BCUT2D eigenvalue weighted by Crippen LogP contribution is 2.11. The minimum Gasteiger partial charge on any atom is -0.352 e. The van der Waals surface area contributed by atoms with Crippen molar-refractivity contribution in [3.8, 4) is 0 Å². The van der Waals surface area contributed by atoms with Gasteiger partial charge in [-0.15, -0.1) is 0 Å². The Hall–Kier alpha value is -2.81. The maximum atomic E-state index is 11.9. The highest BCUT2D eigenvalue weighted by molar-refractivity contribution is 5.94. The predicted molar refractivity (Wildman–Crippen MR) is 85.7 cm³/mol. The number of nitrogens with one attached hydrogen (secondary N) is 2. The third kappa shape index (κ3) is 4.85. The Morgan fingerprint density at radius 2 is 2.08 bits per heavy atom. The minimum atomic E-state index is -0.510. The smallest absolute Gasteiger partial charge is 0.269 e. The summed E-state index contributed by atoms with van der Waals surface area (Å²) >= 11 is 0. The number of likely N-dealkylation sites (N-methyl/N-ethyl adjacent to an activating group) is 1. The van der Waals surface area contributed by atoms with Crippen LogP contribution in [-0.4, -0.2) is 40.6 Å². The van der Waals surface area contributed by atoms with Crippen LogP contribution in [0.2, 0.25) is 0 Å². The first-order valence-corrected chi connectivity index (χ1v) is 7.51. The van der Waals surface area contributed by atoms with E-state index in [0.29, 0.717) is 36.7 Å². The number of nitro benzene ring substituents is 1. The fourth-order valence-corrected chi connectivity index (χ4v) is 1.97. The lowest BCUT2D eigenvalue weighted by molar-refractivity contribution is -0.384. The number of nitro groups is 1.